The van der Waals surface area contributed by atoms with E-state index in [2.05, 4.69) is 36.6 Å². The van der Waals surface area contributed by atoms with E-state index in [0.29, 0.717) is 19.1 Å². The van der Waals surface area contributed by atoms with Crippen molar-refractivity contribution in [3.8, 4) is 0 Å². The number of amides is 1. The van der Waals surface area contributed by atoms with Crippen LogP contribution in [0.4, 0.5) is 0 Å². The van der Waals surface area contributed by atoms with Gasteiger partial charge in [-0.1, -0.05) is 38.1 Å². The molecule has 0 fully saturated rings. The van der Waals surface area contributed by atoms with Crippen molar-refractivity contribution in [2.24, 2.45) is 5.92 Å². The summed E-state index contributed by atoms with van der Waals surface area (Å²) in [4.78, 5) is 12.1. The first-order chi connectivity index (χ1) is 9.66. The van der Waals surface area contributed by atoms with Crippen molar-refractivity contribution >= 4 is 5.91 Å². The molecule has 0 radical (unpaired) electrons. The topological polar surface area (TPSA) is 50.4 Å². The zero-order chi connectivity index (χ0) is 14.4. The first-order valence-corrected chi connectivity index (χ1v) is 7.32. The van der Waals surface area contributed by atoms with Crippen LogP contribution in [0.1, 0.15) is 25.0 Å². The smallest absolute Gasteiger partial charge is 0.237 e. The molecule has 1 atom stereocenters. The third-order valence-corrected chi connectivity index (χ3v) is 3.39. The summed E-state index contributed by atoms with van der Waals surface area (Å²) in [5.41, 5.74) is 2.55. The van der Waals surface area contributed by atoms with Gasteiger partial charge in [-0.05, 0) is 23.5 Å². The number of ether oxygens (including phenoxy) is 1. The van der Waals surface area contributed by atoms with E-state index in [4.69, 9.17) is 4.74 Å². The number of benzene rings is 1. The van der Waals surface area contributed by atoms with Gasteiger partial charge in [0.2, 0.25) is 5.91 Å². The molecule has 1 aromatic carbocycles. The van der Waals surface area contributed by atoms with Gasteiger partial charge >= 0.3 is 0 Å². The summed E-state index contributed by atoms with van der Waals surface area (Å²) in [5, 5.41) is 6.21. The predicted molar refractivity (Wildman–Crippen MR) is 79.4 cm³/mol. The van der Waals surface area contributed by atoms with Crippen LogP contribution < -0.4 is 10.6 Å². The summed E-state index contributed by atoms with van der Waals surface area (Å²) in [5.74, 6) is 0.592. The molecule has 2 rings (SSSR count). The molecule has 0 saturated carbocycles. The second-order valence-corrected chi connectivity index (χ2v) is 5.67. The maximum Gasteiger partial charge on any atom is 0.237 e. The number of hydrogen-bond acceptors (Lipinski definition) is 3. The SMILES string of the molecule is CC(C)COCCNC(=O)[C@H]1Cc2ccccc2CN1. The Kier molecular flexibility index (Phi) is 5.56. The Morgan fingerprint density at radius 2 is 2.15 bits per heavy atom. The number of hydrogen-bond donors (Lipinski definition) is 2. The maximum absolute atomic E-state index is 12.1. The second-order valence-electron chi connectivity index (χ2n) is 5.67. The average molecular weight is 276 g/mol. The number of rotatable bonds is 6. The molecule has 20 heavy (non-hydrogen) atoms. The highest BCUT2D eigenvalue weighted by Gasteiger charge is 2.23. The molecule has 110 valence electrons. The van der Waals surface area contributed by atoms with Crippen LogP contribution >= 0.6 is 0 Å². The molecular formula is C16H24N2O2. The van der Waals surface area contributed by atoms with E-state index in [9.17, 15) is 4.79 Å². The fraction of sp³-hybridized carbons (Fsp3) is 0.562. The van der Waals surface area contributed by atoms with Crippen LogP contribution in [0.2, 0.25) is 0 Å². The maximum atomic E-state index is 12.1. The van der Waals surface area contributed by atoms with Crippen molar-refractivity contribution in [3.05, 3.63) is 35.4 Å². The Bertz CT molecular complexity index is 446. The van der Waals surface area contributed by atoms with Crippen LogP contribution in [-0.4, -0.2) is 31.7 Å². The minimum absolute atomic E-state index is 0.0626. The number of carbonyl (C=O) groups excluding carboxylic acids is 1. The molecule has 0 aromatic heterocycles. The van der Waals surface area contributed by atoms with Crippen molar-refractivity contribution in [2.45, 2.75) is 32.9 Å². The molecule has 1 aliphatic rings. The Morgan fingerprint density at radius 1 is 1.40 bits per heavy atom. The first-order valence-electron chi connectivity index (χ1n) is 7.32. The molecule has 0 bridgehead atoms. The summed E-state index contributed by atoms with van der Waals surface area (Å²) in [6.07, 6.45) is 0.759. The lowest BCUT2D eigenvalue weighted by Gasteiger charge is -2.25. The van der Waals surface area contributed by atoms with Gasteiger partial charge in [-0.15, -0.1) is 0 Å². The van der Waals surface area contributed by atoms with Crippen LogP contribution in [0.3, 0.4) is 0 Å². The number of fused-ring (bicyclic) bond motifs is 1. The third-order valence-electron chi connectivity index (χ3n) is 3.39. The molecule has 4 heteroatoms. The standard InChI is InChI=1S/C16H24N2O2/c1-12(2)11-20-8-7-17-16(19)15-9-13-5-3-4-6-14(13)10-18-15/h3-6,12,15,18H,7-11H2,1-2H3,(H,17,19)/t15-/m1/s1. The van der Waals surface area contributed by atoms with Crippen LogP contribution in [0.5, 0.6) is 0 Å². The summed E-state index contributed by atoms with van der Waals surface area (Å²) in [6, 6.07) is 8.14. The summed E-state index contributed by atoms with van der Waals surface area (Å²) in [6.45, 7) is 6.88. The molecule has 0 spiro atoms. The molecule has 0 unspecified atom stereocenters. The molecule has 1 aliphatic heterocycles. The highest BCUT2D eigenvalue weighted by molar-refractivity contribution is 5.82. The van der Waals surface area contributed by atoms with Crippen molar-refractivity contribution in [1.82, 2.24) is 10.6 Å². The lowest BCUT2D eigenvalue weighted by molar-refractivity contribution is -0.123. The van der Waals surface area contributed by atoms with Crippen molar-refractivity contribution < 1.29 is 9.53 Å². The second kappa shape index (κ2) is 7.41. The van der Waals surface area contributed by atoms with Crippen molar-refractivity contribution in [2.75, 3.05) is 19.8 Å². The van der Waals surface area contributed by atoms with Gasteiger partial charge in [-0.25, -0.2) is 0 Å². The summed E-state index contributed by atoms with van der Waals surface area (Å²) >= 11 is 0. The van der Waals surface area contributed by atoms with Gasteiger partial charge in [-0.2, -0.15) is 0 Å². The predicted octanol–water partition coefficient (Wildman–Crippen LogP) is 1.49. The van der Waals surface area contributed by atoms with Gasteiger partial charge in [0.25, 0.3) is 0 Å². The zero-order valence-corrected chi connectivity index (χ0v) is 12.3. The van der Waals surface area contributed by atoms with Crippen LogP contribution in [0.25, 0.3) is 0 Å². The van der Waals surface area contributed by atoms with Gasteiger partial charge in [0, 0.05) is 19.7 Å². The quantitative estimate of drug-likeness (QED) is 0.774. The highest BCUT2D eigenvalue weighted by Crippen LogP contribution is 2.16. The molecule has 1 heterocycles. The summed E-state index contributed by atoms with van der Waals surface area (Å²) < 4.78 is 5.45. The van der Waals surface area contributed by atoms with E-state index >= 15 is 0 Å². The van der Waals surface area contributed by atoms with E-state index < -0.39 is 0 Å². The van der Waals surface area contributed by atoms with Crippen LogP contribution in [0.15, 0.2) is 24.3 Å². The summed E-state index contributed by atoms with van der Waals surface area (Å²) in [7, 11) is 0. The zero-order valence-electron chi connectivity index (χ0n) is 12.3. The largest absolute Gasteiger partial charge is 0.379 e. The lowest BCUT2D eigenvalue weighted by atomic mass is 9.95. The number of carbonyl (C=O) groups is 1. The van der Waals surface area contributed by atoms with E-state index in [1.54, 1.807) is 0 Å². The fourth-order valence-electron chi connectivity index (χ4n) is 2.33. The first kappa shape index (κ1) is 15.0. The van der Waals surface area contributed by atoms with E-state index in [1.165, 1.54) is 11.1 Å². The van der Waals surface area contributed by atoms with Gasteiger partial charge in [-0.3, -0.25) is 4.79 Å². The minimum atomic E-state index is -0.130. The molecule has 1 aromatic rings. The van der Waals surface area contributed by atoms with E-state index in [1.807, 2.05) is 12.1 Å². The molecular weight excluding hydrogens is 252 g/mol. The normalized spacial score (nSPS) is 17.9. The molecule has 1 amide bonds. The lowest BCUT2D eigenvalue weighted by Crippen LogP contribution is -2.48. The third kappa shape index (κ3) is 4.32. The van der Waals surface area contributed by atoms with E-state index in [-0.39, 0.29) is 11.9 Å². The molecule has 2 N–H and O–H groups in total. The highest BCUT2D eigenvalue weighted by atomic mass is 16.5. The molecule has 0 aliphatic carbocycles. The van der Waals surface area contributed by atoms with Crippen molar-refractivity contribution in [3.63, 3.8) is 0 Å². The number of nitrogens with one attached hydrogen (secondary N) is 2. The van der Waals surface area contributed by atoms with Gasteiger partial charge in [0.15, 0.2) is 0 Å². The average Bonchev–Trinajstić information content (AvgIpc) is 2.46. The van der Waals surface area contributed by atoms with Crippen molar-refractivity contribution in [1.29, 1.82) is 0 Å². The Labute approximate surface area is 120 Å². The molecule has 4 nitrogen and oxygen atoms in total. The monoisotopic (exact) mass is 276 g/mol. The van der Waals surface area contributed by atoms with E-state index in [0.717, 1.165) is 19.6 Å². The van der Waals surface area contributed by atoms with Crippen LogP contribution in [-0.2, 0) is 22.5 Å². The van der Waals surface area contributed by atoms with Gasteiger partial charge in [0.1, 0.15) is 0 Å². The Hall–Kier alpha value is -1.39. The molecule has 0 saturated heterocycles. The van der Waals surface area contributed by atoms with Crippen LogP contribution in [0, 0.1) is 5.92 Å². The van der Waals surface area contributed by atoms with Gasteiger partial charge < -0.3 is 15.4 Å². The fourth-order valence-corrected chi connectivity index (χ4v) is 2.33. The minimum Gasteiger partial charge on any atom is -0.379 e. The van der Waals surface area contributed by atoms with Gasteiger partial charge in [0.05, 0.1) is 12.6 Å². The Balaban J connectivity index is 1.72. The Morgan fingerprint density at radius 3 is 2.90 bits per heavy atom.